The van der Waals surface area contributed by atoms with Gasteiger partial charge in [-0.05, 0) is 43.4 Å². The molecule has 29 heavy (non-hydrogen) atoms. The Morgan fingerprint density at radius 1 is 1.31 bits per heavy atom. The summed E-state index contributed by atoms with van der Waals surface area (Å²) in [6.07, 6.45) is 10.5. The number of fused-ring (bicyclic) bond motifs is 1. The number of nitrogens with two attached hydrogens (primary N) is 1. The van der Waals surface area contributed by atoms with Crippen molar-refractivity contribution >= 4 is 11.8 Å². The van der Waals surface area contributed by atoms with E-state index >= 15 is 0 Å². The van der Waals surface area contributed by atoms with E-state index in [1.807, 2.05) is 28.9 Å². The number of carbonyl (C=O) groups is 2. The Bertz CT molecular complexity index is 1040. The summed E-state index contributed by atoms with van der Waals surface area (Å²) < 4.78 is 1.82. The SMILES string of the molecule is C#C.C[C@@H]1Cc2c(C(N)=O)nn(-c3cccc(C#C[C@@H]4CCN(C)C4=O)c3)c2C1. The van der Waals surface area contributed by atoms with Gasteiger partial charge >= 0.3 is 0 Å². The number of rotatable bonds is 2. The fourth-order valence-electron chi connectivity index (χ4n) is 3.91. The summed E-state index contributed by atoms with van der Waals surface area (Å²) in [5.41, 5.74) is 9.58. The number of nitrogens with zero attached hydrogens (tertiary/aromatic N) is 3. The Labute approximate surface area is 171 Å². The van der Waals surface area contributed by atoms with Crippen molar-refractivity contribution in [3.05, 3.63) is 46.8 Å². The van der Waals surface area contributed by atoms with Gasteiger partial charge in [0.1, 0.15) is 5.92 Å². The number of aromatic nitrogens is 2. The van der Waals surface area contributed by atoms with Crippen molar-refractivity contribution in [1.82, 2.24) is 14.7 Å². The maximum Gasteiger partial charge on any atom is 0.269 e. The first-order chi connectivity index (χ1) is 13.9. The molecule has 0 bridgehead atoms. The molecular formula is C23H24N4O2. The predicted molar refractivity (Wildman–Crippen MR) is 111 cm³/mol. The van der Waals surface area contributed by atoms with Crippen LogP contribution >= 0.6 is 0 Å². The van der Waals surface area contributed by atoms with Crippen LogP contribution in [-0.4, -0.2) is 40.1 Å². The molecule has 6 heteroatoms. The molecule has 1 saturated heterocycles. The molecule has 6 nitrogen and oxygen atoms in total. The predicted octanol–water partition coefficient (Wildman–Crippen LogP) is 1.79. The van der Waals surface area contributed by atoms with Crippen LogP contribution in [-0.2, 0) is 17.6 Å². The van der Waals surface area contributed by atoms with Crippen LogP contribution in [0.3, 0.4) is 0 Å². The van der Waals surface area contributed by atoms with Gasteiger partial charge in [0.05, 0.1) is 5.69 Å². The second-order valence-corrected chi connectivity index (χ2v) is 7.48. The molecule has 0 saturated carbocycles. The summed E-state index contributed by atoms with van der Waals surface area (Å²) in [5, 5.41) is 4.47. The zero-order valence-corrected chi connectivity index (χ0v) is 16.7. The lowest BCUT2D eigenvalue weighted by atomic mass is 10.1. The van der Waals surface area contributed by atoms with E-state index in [9.17, 15) is 9.59 Å². The molecule has 2 heterocycles. The quantitative estimate of drug-likeness (QED) is 0.797. The van der Waals surface area contributed by atoms with Gasteiger partial charge in [0, 0.05) is 30.4 Å². The average molecular weight is 388 g/mol. The molecule has 148 valence electrons. The van der Waals surface area contributed by atoms with E-state index in [0.29, 0.717) is 11.6 Å². The third-order valence-electron chi connectivity index (χ3n) is 5.33. The highest BCUT2D eigenvalue weighted by atomic mass is 16.2. The zero-order valence-electron chi connectivity index (χ0n) is 16.7. The lowest BCUT2D eigenvalue weighted by Gasteiger charge is -2.07. The minimum Gasteiger partial charge on any atom is -0.364 e. The molecule has 4 rings (SSSR count). The van der Waals surface area contributed by atoms with Crippen molar-refractivity contribution in [2.24, 2.45) is 17.6 Å². The number of likely N-dealkylation sites (tertiary alicyclic amines) is 1. The van der Waals surface area contributed by atoms with Crippen molar-refractivity contribution in [1.29, 1.82) is 0 Å². The van der Waals surface area contributed by atoms with Crippen LogP contribution < -0.4 is 5.73 Å². The molecule has 0 unspecified atom stereocenters. The highest BCUT2D eigenvalue weighted by Crippen LogP contribution is 2.31. The third kappa shape index (κ3) is 3.88. The second-order valence-electron chi connectivity index (χ2n) is 7.48. The van der Waals surface area contributed by atoms with Crippen LogP contribution in [0.1, 0.15) is 40.7 Å². The largest absolute Gasteiger partial charge is 0.364 e. The number of hydrogen-bond donors (Lipinski definition) is 1. The van der Waals surface area contributed by atoms with Crippen LogP contribution in [0.15, 0.2) is 24.3 Å². The van der Waals surface area contributed by atoms with Crippen molar-refractivity contribution < 1.29 is 9.59 Å². The topological polar surface area (TPSA) is 81.2 Å². The first-order valence-corrected chi connectivity index (χ1v) is 9.55. The smallest absolute Gasteiger partial charge is 0.269 e. The fraction of sp³-hybridized carbons (Fsp3) is 0.348. The summed E-state index contributed by atoms with van der Waals surface area (Å²) in [7, 11) is 1.81. The van der Waals surface area contributed by atoms with Gasteiger partial charge in [-0.2, -0.15) is 5.10 Å². The molecule has 0 spiro atoms. The average Bonchev–Trinajstić information content (AvgIpc) is 3.35. The van der Waals surface area contributed by atoms with E-state index in [2.05, 4.69) is 36.7 Å². The van der Waals surface area contributed by atoms with Gasteiger partial charge in [-0.3, -0.25) is 9.59 Å². The standard InChI is InChI=1S/C21H22N4O2.C2H2/c1-13-10-17-18(11-13)25(23-19(17)20(22)26)16-5-3-4-14(12-16)6-7-15-8-9-24(2)21(15)27;1-2/h3-5,12-13,15H,8-11H2,1-2H3,(H2,22,26);1-2H/t13-,15-;/m1./s1. The molecule has 1 aromatic carbocycles. The van der Waals surface area contributed by atoms with Gasteiger partial charge < -0.3 is 10.6 Å². The van der Waals surface area contributed by atoms with Crippen LogP contribution in [0.4, 0.5) is 0 Å². The first kappa shape index (κ1) is 20.2. The molecule has 2 amide bonds. The third-order valence-corrected chi connectivity index (χ3v) is 5.33. The maximum atomic E-state index is 12.0. The lowest BCUT2D eigenvalue weighted by molar-refractivity contribution is -0.128. The monoisotopic (exact) mass is 388 g/mol. The molecule has 1 aliphatic carbocycles. The Balaban J connectivity index is 0.00000117. The Morgan fingerprint density at radius 3 is 2.72 bits per heavy atom. The normalized spacial score (nSPS) is 19.7. The molecule has 2 aromatic rings. The summed E-state index contributed by atoms with van der Waals surface area (Å²) in [5.74, 6) is 6.06. The molecule has 2 aliphatic rings. The van der Waals surface area contributed by atoms with Gasteiger partial charge in [-0.1, -0.05) is 24.8 Å². The van der Waals surface area contributed by atoms with Gasteiger partial charge in [0.15, 0.2) is 5.69 Å². The number of primary amides is 1. The molecule has 1 fully saturated rings. The van der Waals surface area contributed by atoms with E-state index in [0.717, 1.165) is 48.3 Å². The minimum atomic E-state index is -0.487. The van der Waals surface area contributed by atoms with Gasteiger partial charge in [0.2, 0.25) is 5.91 Å². The maximum absolute atomic E-state index is 12.0. The molecular weight excluding hydrogens is 364 g/mol. The van der Waals surface area contributed by atoms with Crippen LogP contribution in [0.2, 0.25) is 0 Å². The molecule has 0 radical (unpaired) electrons. The Kier molecular flexibility index (Phi) is 5.75. The zero-order chi connectivity index (χ0) is 21.1. The molecule has 2 N–H and O–H groups in total. The molecule has 1 aliphatic heterocycles. The van der Waals surface area contributed by atoms with Crippen molar-refractivity contribution in [3.63, 3.8) is 0 Å². The van der Waals surface area contributed by atoms with Crippen molar-refractivity contribution in [2.45, 2.75) is 26.2 Å². The number of hydrogen-bond acceptors (Lipinski definition) is 3. The van der Waals surface area contributed by atoms with E-state index in [-0.39, 0.29) is 11.8 Å². The van der Waals surface area contributed by atoms with Crippen LogP contribution in [0, 0.1) is 36.5 Å². The van der Waals surface area contributed by atoms with Crippen LogP contribution in [0.25, 0.3) is 5.69 Å². The second kappa shape index (κ2) is 8.24. The number of benzene rings is 1. The minimum absolute atomic E-state index is 0.0867. The summed E-state index contributed by atoms with van der Waals surface area (Å²) in [4.78, 5) is 25.5. The number of terminal acetylenes is 1. The fourth-order valence-corrected chi connectivity index (χ4v) is 3.91. The highest BCUT2D eigenvalue weighted by Gasteiger charge is 2.30. The Morgan fingerprint density at radius 2 is 2.07 bits per heavy atom. The number of amides is 2. The van der Waals surface area contributed by atoms with Crippen molar-refractivity contribution in [2.75, 3.05) is 13.6 Å². The van der Waals surface area contributed by atoms with E-state index in [1.54, 1.807) is 11.9 Å². The van der Waals surface area contributed by atoms with Gasteiger partial charge in [-0.25, -0.2) is 4.68 Å². The van der Waals surface area contributed by atoms with E-state index in [4.69, 9.17) is 5.73 Å². The van der Waals surface area contributed by atoms with Gasteiger partial charge in [-0.15, -0.1) is 12.8 Å². The summed E-state index contributed by atoms with van der Waals surface area (Å²) in [6.45, 7) is 2.92. The highest BCUT2D eigenvalue weighted by molar-refractivity contribution is 5.93. The lowest BCUT2D eigenvalue weighted by Crippen LogP contribution is -2.21. The van der Waals surface area contributed by atoms with E-state index in [1.165, 1.54) is 0 Å². The summed E-state index contributed by atoms with van der Waals surface area (Å²) >= 11 is 0. The number of carbonyl (C=O) groups excluding carboxylic acids is 2. The van der Waals surface area contributed by atoms with Crippen LogP contribution in [0.5, 0.6) is 0 Å². The molecule has 2 atom stereocenters. The molecule has 1 aromatic heterocycles. The first-order valence-electron chi connectivity index (χ1n) is 9.55. The van der Waals surface area contributed by atoms with E-state index < -0.39 is 5.91 Å². The Hall–Kier alpha value is -3.51. The van der Waals surface area contributed by atoms with Crippen molar-refractivity contribution in [3.8, 4) is 30.4 Å². The van der Waals surface area contributed by atoms with Gasteiger partial charge in [0.25, 0.3) is 5.91 Å². The summed E-state index contributed by atoms with van der Waals surface area (Å²) in [6, 6.07) is 7.72.